The van der Waals surface area contributed by atoms with E-state index in [-0.39, 0.29) is 12.4 Å². The molecule has 0 radical (unpaired) electrons. The third-order valence-corrected chi connectivity index (χ3v) is 2.34. The standard InChI is InChI=1S/C13H22N2O.ClH/c1-4-16-13-6-5-11(10-15(2)3)9-12(13)7-8-14;/h5-6,9H,4,7-8,10,14H2,1-3H3;1H. The molecular weight excluding hydrogens is 236 g/mol. The van der Waals surface area contributed by atoms with Crippen LogP contribution < -0.4 is 10.5 Å². The van der Waals surface area contributed by atoms with Gasteiger partial charge in [0.15, 0.2) is 0 Å². The summed E-state index contributed by atoms with van der Waals surface area (Å²) in [6.07, 6.45) is 0.872. The predicted octanol–water partition coefficient (Wildman–Crippen LogP) is 2.07. The molecule has 0 unspecified atom stereocenters. The van der Waals surface area contributed by atoms with Crippen LogP contribution >= 0.6 is 12.4 Å². The van der Waals surface area contributed by atoms with Crippen molar-refractivity contribution < 1.29 is 4.74 Å². The molecular formula is C13H23ClN2O. The molecule has 17 heavy (non-hydrogen) atoms. The molecule has 0 fully saturated rings. The fourth-order valence-electron chi connectivity index (χ4n) is 1.74. The van der Waals surface area contributed by atoms with Crippen LogP contribution in [-0.2, 0) is 13.0 Å². The molecule has 0 amide bonds. The summed E-state index contributed by atoms with van der Waals surface area (Å²) in [4.78, 5) is 2.15. The quantitative estimate of drug-likeness (QED) is 0.849. The van der Waals surface area contributed by atoms with Crippen LogP contribution in [0.25, 0.3) is 0 Å². The van der Waals surface area contributed by atoms with Gasteiger partial charge in [-0.1, -0.05) is 12.1 Å². The summed E-state index contributed by atoms with van der Waals surface area (Å²) in [7, 11) is 4.14. The molecule has 98 valence electrons. The van der Waals surface area contributed by atoms with Crippen molar-refractivity contribution in [1.29, 1.82) is 0 Å². The highest BCUT2D eigenvalue weighted by molar-refractivity contribution is 5.85. The summed E-state index contributed by atoms with van der Waals surface area (Å²) in [5.41, 5.74) is 8.13. The minimum absolute atomic E-state index is 0. The summed E-state index contributed by atoms with van der Waals surface area (Å²) in [6.45, 7) is 4.31. The lowest BCUT2D eigenvalue weighted by Crippen LogP contribution is -2.12. The maximum Gasteiger partial charge on any atom is 0.122 e. The molecule has 0 atom stereocenters. The van der Waals surface area contributed by atoms with Crippen LogP contribution in [0.15, 0.2) is 18.2 Å². The van der Waals surface area contributed by atoms with Gasteiger partial charge in [0, 0.05) is 6.54 Å². The van der Waals surface area contributed by atoms with Gasteiger partial charge in [0.1, 0.15) is 5.75 Å². The number of nitrogens with two attached hydrogens (primary N) is 1. The predicted molar refractivity (Wildman–Crippen MR) is 75.0 cm³/mol. The van der Waals surface area contributed by atoms with E-state index in [9.17, 15) is 0 Å². The van der Waals surface area contributed by atoms with Crippen molar-refractivity contribution in [2.45, 2.75) is 19.9 Å². The SMILES string of the molecule is CCOc1ccc(CN(C)C)cc1CCN.Cl. The smallest absolute Gasteiger partial charge is 0.122 e. The van der Waals surface area contributed by atoms with Crippen LogP contribution in [0.1, 0.15) is 18.1 Å². The first-order valence-electron chi connectivity index (χ1n) is 5.76. The summed E-state index contributed by atoms with van der Waals surface area (Å²) >= 11 is 0. The fraction of sp³-hybridized carbons (Fsp3) is 0.538. The van der Waals surface area contributed by atoms with Crippen LogP contribution in [0.5, 0.6) is 5.75 Å². The molecule has 0 bridgehead atoms. The van der Waals surface area contributed by atoms with E-state index < -0.39 is 0 Å². The molecule has 2 N–H and O–H groups in total. The van der Waals surface area contributed by atoms with Crippen LogP contribution in [-0.4, -0.2) is 32.1 Å². The number of benzene rings is 1. The highest BCUT2D eigenvalue weighted by Crippen LogP contribution is 2.21. The Bertz CT molecular complexity index is 329. The van der Waals surface area contributed by atoms with E-state index in [4.69, 9.17) is 10.5 Å². The van der Waals surface area contributed by atoms with Crippen molar-refractivity contribution in [3.8, 4) is 5.75 Å². The Morgan fingerprint density at radius 2 is 2.00 bits per heavy atom. The lowest BCUT2D eigenvalue weighted by molar-refractivity contribution is 0.336. The molecule has 3 nitrogen and oxygen atoms in total. The molecule has 1 aromatic rings. The van der Waals surface area contributed by atoms with Gasteiger partial charge in [-0.25, -0.2) is 0 Å². The highest BCUT2D eigenvalue weighted by atomic mass is 35.5. The van der Waals surface area contributed by atoms with Gasteiger partial charge < -0.3 is 15.4 Å². The van der Waals surface area contributed by atoms with Gasteiger partial charge in [0.25, 0.3) is 0 Å². The van der Waals surface area contributed by atoms with Gasteiger partial charge in [-0.2, -0.15) is 0 Å². The zero-order chi connectivity index (χ0) is 12.0. The second-order valence-electron chi connectivity index (χ2n) is 4.15. The maximum absolute atomic E-state index is 5.61. The van der Waals surface area contributed by atoms with Crippen molar-refractivity contribution in [2.75, 3.05) is 27.2 Å². The summed E-state index contributed by atoms with van der Waals surface area (Å²) in [5.74, 6) is 0.968. The largest absolute Gasteiger partial charge is 0.494 e. The Morgan fingerprint density at radius 3 is 2.53 bits per heavy atom. The second-order valence-corrected chi connectivity index (χ2v) is 4.15. The van der Waals surface area contributed by atoms with Crippen LogP contribution in [0.2, 0.25) is 0 Å². The molecule has 0 aliphatic rings. The minimum atomic E-state index is 0. The zero-order valence-corrected chi connectivity index (χ0v) is 11.7. The monoisotopic (exact) mass is 258 g/mol. The van der Waals surface area contributed by atoms with Crippen molar-refractivity contribution in [3.63, 3.8) is 0 Å². The van der Waals surface area contributed by atoms with Crippen molar-refractivity contribution in [3.05, 3.63) is 29.3 Å². The molecule has 1 rings (SSSR count). The average Bonchev–Trinajstić information content (AvgIpc) is 2.21. The Hall–Kier alpha value is -0.770. The van der Waals surface area contributed by atoms with Gasteiger partial charge in [0.05, 0.1) is 6.61 Å². The number of hydrogen-bond acceptors (Lipinski definition) is 3. The second kappa shape index (κ2) is 8.34. The zero-order valence-electron chi connectivity index (χ0n) is 10.9. The minimum Gasteiger partial charge on any atom is -0.494 e. The molecule has 0 saturated carbocycles. The highest BCUT2D eigenvalue weighted by Gasteiger charge is 2.05. The van der Waals surface area contributed by atoms with E-state index in [1.807, 2.05) is 13.0 Å². The molecule has 4 heteroatoms. The van der Waals surface area contributed by atoms with Crippen molar-refractivity contribution in [2.24, 2.45) is 5.73 Å². The Morgan fingerprint density at radius 1 is 1.29 bits per heavy atom. The Labute approximate surface area is 110 Å². The number of rotatable bonds is 6. The fourth-order valence-corrected chi connectivity index (χ4v) is 1.74. The van der Waals surface area contributed by atoms with Crippen LogP contribution in [0.4, 0.5) is 0 Å². The summed E-state index contributed by atoms with van der Waals surface area (Å²) < 4.78 is 5.58. The van der Waals surface area contributed by atoms with E-state index in [2.05, 4.69) is 31.1 Å². The van der Waals surface area contributed by atoms with E-state index in [0.717, 1.165) is 18.7 Å². The third kappa shape index (κ3) is 5.39. The first-order valence-corrected chi connectivity index (χ1v) is 5.76. The first-order chi connectivity index (χ1) is 7.67. The van der Waals surface area contributed by atoms with Crippen molar-refractivity contribution >= 4 is 12.4 Å². The topological polar surface area (TPSA) is 38.5 Å². The number of halogens is 1. The normalized spacial score (nSPS) is 10.2. The molecule has 0 aliphatic heterocycles. The maximum atomic E-state index is 5.61. The van der Waals surface area contributed by atoms with Gasteiger partial charge >= 0.3 is 0 Å². The van der Waals surface area contributed by atoms with Gasteiger partial charge in [-0.3, -0.25) is 0 Å². The number of nitrogens with zero attached hydrogens (tertiary/aromatic N) is 1. The summed E-state index contributed by atoms with van der Waals surface area (Å²) in [6, 6.07) is 6.36. The molecule has 0 heterocycles. The lowest BCUT2D eigenvalue weighted by atomic mass is 10.1. The molecule has 0 saturated heterocycles. The third-order valence-electron chi connectivity index (χ3n) is 2.34. The van der Waals surface area contributed by atoms with E-state index >= 15 is 0 Å². The number of ether oxygens (including phenoxy) is 1. The van der Waals surface area contributed by atoms with E-state index in [0.29, 0.717) is 13.2 Å². The number of hydrogen-bond donors (Lipinski definition) is 1. The molecule has 0 aliphatic carbocycles. The van der Waals surface area contributed by atoms with Crippen molar-refractivity contribution in [1.82, 2.24) is 4.90 Å². The van der Waals surface area contributed by atoms with Crippen LogP contribution in [0.3, 0.4) is 0 Å². The molecule has 0 spiro atoms. The van der Waals surface area contributed by atoms with Crippen LogP contribution in [0, 0.1) is 0 Å². The Balaban J connectivity index is 0.00000256. The first kappa shape index (κ1) is 16.2. The average molecular weight is 259 g/mol. The van der Waals surface area contributed by atoms with E-state index in [1.54, 1.807) is 0 Å². The summed E-state index contributed by atoms with van der Waals surface area (Å²) in [5, 5.41) is 0. The van der Waals surface area contributed by atoms with E-state index in [1.165, 1.54) is 11.1 Å². The van der Waals surface area contributed by atoms with Gasteiger partial charge in [-0.15, -0.1) is 12.4 Å². The van der Waals surface area contributed by atoms with Gasteiger partial charge in [-0.05, 0) is 51.2 Å². The lowest BCUT2D eigenvalue weighted by Gasteiger charge is -2.14. The molecule has 1 aromatic carbocycles. The molecule has 0 aromatic heterocycles. The van der Waals surface area contributed by atoms with Gasteiger partial charge in [0.2, 0.25) is 0 Å². The Kier molecular flexibility index (Phi) is 7.96.